The lowest BCUT2D eigenvalue weighted by Gasteiger charge is -2.20. The predicted octanol–water partition coefficient (Wildman–Crippen LogP) is 5.17. The number of hydrogen-bond acceptors (Lipinski definition) is 3. The second-order valence-electron chi connectivity index (χ2n) is 7.21. The second kappa shape index (κ2) is 7.52. The molecule has 0 fully saturated rings. The molecule has 0 saturated carbocycles. The van der Waals surface area contributed by atoms with Crippen LogP contribution < -0.4 is 0 Å². The van der Waals surface area contributed by atoms with Gasteiger partial charge in [-0.05, 0) is 43.2 Å². The zero-order valence-corrected chi connectivity index (χ0v) is 15.4. The quantitative estimate of drug-likeness (QED) is 0.483. The molecule has 0 aliphatic heterocycles. The largest absolute Gasteiger partial charge is 0.455 e. The van der Waals surface area contributed by atoms with E-state index in [0.29, 0.717) is 12.3 Å². The number of benzene rings is 3. The molecule has 0 saturated heterocycles. The van der Waals surface area contributed by atoms with E-state index in [9.17, 15) is 4.79 Å². The Morgan fingerprint density at radius 2 is 1.54 bits per heavy atom. The highest BCUT2D eigenvalue weighted by atomic mass is 16.6. The molecule has 3 rings (SSSR count). The van der Waals surface area contributed by atoms with Gasteiger partial charge in [-0.2, -0.15) is 0 Å². The van der Waals surface area contributed by atoms with Crippen LogP contribution in [-0.2, 0) is 16.1 Å². The van der Waals surface area contributed by atoms with Crippen molar-refractivity contribution in [3.05, 3.63) is 83.9 Å². The van der Waals surface area contributed by atoms with Crippen LogP contribution in [0.15, 0.2) is 77.8 Å². The molecular formula is C23H23NO2. The van der Waals surface area contributed by atoms with Crippen molar-refractivity contribution in [3.8, 4) is 0 Å². The Bertz CT molecular complexity index is 937. The van der Waals surface area contributed by atoms with E-state index in [4.69, 9.17) is 4.74 Å². The lowest BCUT2D eigenvalue weighted by Crippen LogP contribution is -2.29. The van der Waals surface area contributed by atoms with Gasteiger partial charge in [0, 0.05) is 5.56 Å². The van der Waals surface area contributed by atoms with Crippen molar-refractivity contribution >= 4 is 22.5 Å². The number of aliphatic imine (C=N–C) groups is 1. The van der Waals surface area contributed by atoms with Crippen LogP contribution >= 0.6 is 0 Å². The molecular weight excluding hydrogens is 322 g/mol. The summed E-state index contributed by atoms with van der Waals surface area (Å²) >= 11 is 0. The van der Waals surface area contributed by atoms with Gasteiger partial charge in [0.05, 0.1) is 6.54 Å². The minimum absolute atomic E-state index is 0.356. The Morgan fingerprint density at radius 3 is 2.23 bits per heavy atom. The van der Waals surface area contributed by atoms with Crippen molar-refractivity contribution in [1.82, 2.24) is 0 Å². The van der Waals surface area contributed by atoms with Crippen LogP contribution in [0.1, 0.15) is 31.9 Å². The summed E-state index contributed by atoms with van der Waals surface area (Å²) in [6.07, 6.45) is 0. The first-order valence-electron chi connectivity index (χ1n) is 8.73. The van der Waals surface area contributed by atoms with Gasteiger partial charge >= 0.3 is 5.97 Å². The van der Waals surface area contributed by atoms with Crippen LogP contribution in [-0.4, -0.2) is 17.3 Å². The summed E-state index contributed by atoms with van der Waals surface area (Å²) in [4.78, 5) is 17.4. The molecule has 0 heterocycles. The molecule has 3 aromatic rings. The average Bonchev–Trinajstić information content (AvgIpc) is 2.61. The van der Waals surface area contributed by atoms with E-state index in [1.807, 2.05) is 93.6 Å². The predicted molar refractivity (Wildman–Crippen MR) is 106 cm³/mol. The molecule has 0 amide bonds. The van der Waals surface area contributed by atoms with Crippen molar-refractivity contribution in [2.75, 3.05) is 0 Å². The third kappa shape index (κ3) is 4.57. The minimum Gasteiger partial charge on any atom is -0.455 e. The molecule has 0 aliphatic rings. The topological polar surface area (TPSA) is 38.7 Å². The van der Waals surface area contributed by atoms with Gasteiger partial charge in [-0.1, -0.05) is 66.7 Å². The van der Waals surface area contributed by atoms with Crippen molar-refractivity contribution in [3.63, 3.8) is 0 Å². The molecule has 0 spiro atoms. The highest BCUT2D eigenvalue weighted by Crippen LogP contribution is 2.18. The zero-order chi connectivity index (χ0) is 18.6. The third-order valence-corrected chi connectivity index (χ3v) is 3.88. The Kier molecular flexibility index (Phi) is 5.17. The first-order chi connectivity index (χ1) is 12.4. The molecule has 0 atom stereocenters. The highest BCUT2D eigenvalue weighted by Gasteiger charge is 2.22. The average molecular weight is 345 g/mol. The van der Waals surface area contributed by atoms with E-state index in [2.05, 4.69) is 4.99 Å². The Balaban J connectivity index is 1.99. The second-order valence-corrected chi connectivity index (χ2v) is 7.21. The lowest BCUT2D eigenvalue weighted by molar-refractivity contribution is -0.146. The van der Waals surface area contributed by atoms with Gasteiger partial charge in [0.25, 0.3) is 0 Å². The van der Waals surface area contributed by atoms with Gasteiger partial charge < -0.3 is 4.74 Å². The number of fused-ring (bicyclic) bond motifs is 1. The molecule has 26 heavy (non-hydrogen) atoms. The minimum atomic E-state index is -0.568. The fraction of sp³-hybridized carbons (Fsp3) is 0.217. The van der Waals surface area contributed by atoms with E-state index < -0.39 is 11.6 Å². The van der Waals surface area contributed by atoms with Crippen LogP contribution in [0.3, 0.4) is 0 Å². The molecule has 132 valence electrons. The van der Waals surface area contributed by atoms with Gasteiger partial charge in [-0.25, -0.2) is 4.79 Å². The molecule has 0 radical (unpaired) electrons. The van der Waals surface area contributed by atoms with Gasteiger partial charge in [0.1, 0.15) is 5.60 Å². The fourth-order valence-electron chi connectivity index (χ4n) is 2.69. The number of carbonyl (C=O) groups excluding carboxylic acids is 1. The van der Waals surface area contributed by atoms with Crippen LogP contribution in [0.2, 0.25) is 0 Å². The summed E-state index contributed by atoms with van der Waals surface area (Å²) in [5.41, 5.74) is 1.61. The first kappa shape index (κ1) is 17.9. The fourth-order valence-corrected chi connectivity index (χ4v) is 2.69. The van der Waals surface area contributed by atoms with Crippen molar-refractivity contribution in [2.45, 2.75) is 32.9 Å². The number of hydrogen-bond donors (Lipinski definition) is 0. The first-order valence-corrected chi connectivity index (χ1v) is 8.73. The van der Waals surface area contributed by atoms with E-state index in [0.717, 1.165) is 21.9 Å². The maximum Gasteiger partial charge on any atom is 0.357 e. The normalized spacial score (nSPS) is 12.2. The Morgan fingerprint density at radius 1 is 0.885 bits per heavy atom. The van der Waals surface area contributed by atoms with Gasteiger partial charge in [-0.3, -0.25) is 4.99 Å². The Hall–Kier alpha value is -2.94. The summed E-state index contributed by atoms with van der Waals surface area (Å²) in [6, 6.07) is 23.9. The number of rotatable bonds is 4. The molecule has 0 unspecified atom stereocenters. The zero-order valence-electron chi connectivity index (χ0n) is 15.4. The Labute approximate surface area is 154 Å². The van der Waals surface area contributed by atoms with Gasteiger partial charge in [0.15, 0.2) is 5.71 Å². The summed E-state index contributed by atoms with van der Waals surface area (Å²) in [7, 11) is 0. The summed E-state index contributed by atoms with van der Waals surface area (Å²) in [5, 5.41) is 2.20. The molecule has 0 aliphatic carbocycles. The molecule has 0 N–H and O–H groups in total. The van der Waals surface area contributed by atoms with Crippen LogP contribution in [0.4, 0.5) is 0 Å². The van der Waals surface area contributed by atoms with Gasteiger partial charge in [0.2, 0.25) is 0 Å². The molecule has 3 aromatic carbocycles. The number of ether oxygens (including phenoxy) is 1. The highest BCUT2D eigenvalue weighted by molar-refractivity contribution is 6.43. The van der Waals surface area contributed by atoms with Crippen LogP contribution in [0.5, 0.6) is 0 Å². The van der Waals surface area contributed by atoms with E-state index in [1.165, 1.54) is 0 Å². The number of carbonyl (C=O) groups is 1. The SMILES string of the molecule is CC(C)(C)OC(=O)C(=NCc1ccccc1)c1ccc2ccccc2c1. The smallest absolute Gasteiger partial charge is 0.357 e. The molecule has 3 heteroatoms. The van der Waals surface area contributed by atoms with E-state index in [1.54, 1.807) is 0 Å². The molecule has 3 nitrogen and oxygen atoms in total. The monoisotopic (exact) mass is 345 g/mol. The summed E-state index contributed by atoms with van der Waals surface area (Å²) in [5.74, 6) is -0.399. The maximum absolute atomic E-state index is 12.8. The third-order valence-electron chi connectivity index (χ3n) is 3.88. The van der Waals surface area contributed by atoms with Crippen molar-refractivity contribution < 1.29 is 9.53 Å². The molecule has 0 bridgehead atoms. The number of esters is 1. The van der Waals surface area contributed by atoms with Gasteiger partial charge in [-0.15, -0.1) is 0 Å². The van der Waals surface area contributed by atoms with Crippen LogP contribution in [0, 0.1) is 0 Å². The lowest BCUT2D eigenvalue weighted by atomic mass is 10.0. The van der Waals surface area contributed by atoms with E-state index >= 15 is 0 Å². The van der Waals surface area contributed by atoms with Crippen molar-refractivity contribution in [2.24, 2.45) is 4.99 Å². The molecule has 0 aromatic heterocycles. The number of nitrogens with zero attached hydrogens (tertiary/aromatic N) is 1. The summed E-state index contributed by atoms with van der Waals surface area (Å²) < 4.78 is 5.59. The maximum atomic E-state index is 12.8. The standard InChI is InChI=1S/C23H23NO2/c1-23(2,3)26-22(25)21(24-16-17-9-5-4-6-10-17)20-14-13-18-11-7-8-12-19(18)15-20/h4-15H,16H2,1-3H3. The summed E-state index contributed by atoms with van der Waals surface area (Å²) in [6.45, 7) is 6.02. The van der Waals surface area contributed by atoms with Crippen molar-refractivity contribution in [1.29, 1.82) is 0 Å². The van der Waals surface area contributed by atoms with E-state index in [-0.39, 0.29) is 0 Å². The van der Waals surface area contributed by atoms with Crippen LogP contribution in [0.25, 0.3) is 10.8 Å².